The van der Waals surface area contributed by atoms with Crippen LogP contribution in [0.5, 0.6) is 0 Å². The molecule has 2 aromatic heterocycles. The van der Waals surface area contributed by atoms with Gasteiger partial charge in [0.2, 0.25) is 11.7 Å². The molecule has 12 heteroatoms. The van der Waals surface area contributed by atoms with E-state index in [1.54, 1.807) is 41.6 Å². The van der Waals surface area contributed by atoms with Gasteiger partial charge in [-0.15, -0.1) is 0 Å². The predicted molar refractivity (Wildman–Crippen MR) is 137 cm³/mol. The van der Waals surface area contributed by atoms with Crippen LogP contribution in [-0.2, 0) is 4.79 Å². The molecule has 1 aliphatic rings. The third-order valence-electron chi connectivity index (χ3n) is 5.81. The number of anilines is 2. The largest absolute Gasteiger partial charge is 0.376 e. The Kier molecular flexibility index (Phi) is 8.90. The molecule has 1 aliphatic heterocycles. The zero-order valence-corrected chi connectivity index (χ0v) is 20.2. The lowest BCUT2D eigenvalue weighted by atomic mass is 9.97. The van der Waals surface area contributed by atoms with Crippen molar-refractivity contribution in [3.8, 4) is 0 Å². The van der Waals surface area contributed by atoms with Gasteiger partial charge in [-0.2, -0.15) is 4.91 Å². The van der Waals surface area contributed by atoms with E-state index in [-0.39, 0.29) is 34.7 Å². The molecule has 0 radical (unpaired) electrons. The molecular formula is C23H27N7O4S. The molecule has 0 spiro atoms. The summed E-state index contributed by atoms with van der Waals surface area (Å²) in [5, 5.41) is 17.7. The molecule has 0 atom stereocenters. The van der Waals surface area contributed by atoms with Crippen molar-refractivity contribution in [3.05, 3.63) is 69.5 Å². The molecule has 1 saturated heterocycles. The van der Waals surface area contributed by atoms with E-state index in [9.17, 15) is 19.8 Å². The number of thiocarbonyl (C=S) groups is 1. The molecular weight excluding hydrogens is 470 g/mol. The second-order valence-corrected chi connectivity index (χ2v) is 8.64. The van der Waals surface area contributed by atoms with Crippen molar-refractivity contribution in [2.45, 2.75) is 26.2 Å². The van der Waals surface area contributed by atoms with Gasteiger partial charge in [0.1, 0.15) is 10.6 Å². The number of hydrogen-bond donors (Lipinski definition) is 1. The lowest BCUT2D eigenvalue weighted by molar-refractivity contribution is -0.389. The van der Waals surface area contributed by atoms with Crippen LogP contribution in [0.25, 0.3) is 0 Å². The molecule has 0 aliphatic carbocycles. The minimum Gasteiger partial charge on any atom is -0.358 e. The molecule has 0 unspecified atom stereocenters. The summed E-state index contributed by atoms with van der Waals surface area (Å²) >= 11 is 5.41. The number of nitro groups is 1. The van der Waals surface area contributed by atoms with Gasteiger partial charge in [0, 0.05) is 50.9 Å². The first-order valence-electron chi connectivity index (χ1n) is 11.2. The van der Waals surface area contributed by atoms with Crippen LogP contribution < -0.4 is 15.1 Å². The molecule has 184 valence electrons. The van der Waals surface area contributed by atoms with E-state index in [4.69, 9.17) is 12.2 Å². The van der Waals surface area contributed by atoms with Crippen LogP contribution in [0.15, 0.2) is 54.1 Å². The number of nitrogens with zero attached hydrogens (tertiary/aromatic N) is 6. The lowest BCUT2D eigenvalue weighted by Crippen LogP contribution is -2.35. The van der Waals surface area contributed by atoms with E-state index in [0.717, 1.165) is 12.8 Å². The molecule has 2 aromatic rings. The summed E-state index contributed by atoms with van der Waals surface area (Å²) in [6.07, 6.45) is 5.15. The Morgan fingerprint density at radius 3 is 2.71 bits per heavy atom. The van der Waals surface area contributed by atoms with Gasteiger partial charge in [-0.25, -0.2) is 0 Å². The summed E-state index contributed by atoms with van der Waals surface area (Å²) in [7, 11) is 0. The van der Waals surface area contributed by atoms with E-state index in [2.05, 4.69) is 27.0 Å². The molecule has 1 amide bonds. The highest BCUT2D eigenvalue weighted by molar-refractivity contribution is 7.80. The van der Waals surface area contributed by atoms with Crippen molar-refractivity contribution >= 4 is 40.4 Å². The van der Waals surface area contributed by atoms with Gasteiger partial charge >= 0.3 is 5.82 Å². The number of hydrogen-bond acceptors (Lipinski definition) is 9. The van der Waals surface area contributed by atoms with Crippen molar-refractivity contribution in [1.82, 2.24) is 15.3 Å². The SMILES string of the molecule is C=C(CCN(C(C)=O)c1cccnc1)NC(=S)c1ccc(N2CCC(CN=O)CC2)nc1[N+](=O)[O-]. The summed E-state index contributed by atoms with van der Waals surface area (Å²) in [5.41, 5.74) is 1.36. The Balaban J connectivity index is 1.65. The molecule has 3 heterocycles. The lowest BCUT2D eigenvalue weighted by Gasteiger charge is -2.29. The van der Waals surface area contributed by atoms with Crippen LogP contribution in [0.4, 0.5) is 17.3 Å². The highest BCUT2D eigenvalue weighted by atomic mass is 32.1. The van der Waals surface area contributed by atoms with E-state index in [0.29, 0.717) is 43.3 Å². The van der Waals surface area contributed by atoms with Gasteiger partial charge in [0.25, 0.3) is 0 Å². The first-order chi connectivity index (χ1) is 16.8. The summed E-state index contributed by atoms with van der Waals surface area (Å²) in [6, 6.07) is 6.82. The maximum Gasteiger partial charge on any atom is 0.376 e. The monoisotopic (exact) mass is 497 g/mol. The quantitative estimate of drug-likeness (QED) is 0.226. The number of amides is 1. The maximum atomic E-state index is 12.0. The van der Waals surface area contributed by atoms with Crippen molar-refractivity contribution in [1.29, 1.82) is 0 Å². The van der Waals surface area contributed by atoms with Crippen LogP contribution in [-0.4, -0.2) is 52.0 Å². The van der Waals surface area contributed by atoms with Crippen molar-refractivity contribution < 1.29 is 9.72 Å². The Bertz CT molecular complexity index is 1100. The summed E-state index contributed by atoms with van der Waals surface area (Å²) in [5.74, 6) is 0.242. The number of carbonyl (C=O) groups excluding carboxylic acids is 1. The van der Waals surface area contributed by atoms with Crippen LogP contribution in [0.2, 0.25) is 0 Å². The fraction of sp³-hybridized carbons (Fsp3) is 0.391. The fourth-order valence-electron chi connectivity index (χ4n) is 3.90. The third kappa shape index (κ3) is 6.85. The second kappa shape index (κ2) is 12.1. The Morgan fingerprint density at radius 1 is 1.37 bits per heavy atom. The fourth-order valence-corrected chi connectivity index (χ4v) is 4.20. The van der Waals surface area contributed by atoms with Gasteiger partial charge < -0.3 is 25.2 Å². The Morgan fingerprint density at radius 2 is 2.11 bits per heavy atom. The number of aromatic nitrogens is 2. The smallest absolute Gasteiger partial charge is 0.358 e. The summed E-state index contributed by atoms with van der Waals surface area (Å²) in [4.78, 5) is 45.7. The standard InChI is InChI=1S/C23H27N7O4S/c1-16(7-13-29(17(2)31)19-4-3-10-24-15-19)26-23(35)20-5-6-21(27-22(20)30(33)34)28-11-8-18(9-12-28)14-25-32/h3-6,10,15,18H,1,7-9,11-14H2,2H3,(H,26,35). The maximum absolute atomic E-state index is 12.0. The number of piperidine rings is 1. The van der Waals surface area contributed by atoms with Gasteiger partial charge in [0.05, 0.1) is 18.4 Å². The van der Waals surface area contributed by atoms with Gasteiger partial charge in [0.15, 0.2) is 0 Å². The normalized spacial score (nSPS) is 13.7. The van der Waals surface area contributed by atoms with Gasteiger partial charge in [-0.3, -0.25) is 9.78 Å². The number of pyridine rings is 2. The third-order valence-corrected chi connectivity index (χ3v) is 6.14. The first-order valence-corrected chi connectivity index (χ1v) is 11.6. The molecule has 1 N–H and O–H groups in total. The zero-order valence-electron chi connectivity index (χ0n) is 19.4. The molecule has 1 fully saturated rings. The first kappa shape index (κ1) is 25.8. The van der Waals surface area contributed by atoms with Crippen LogP contribution in [0, 0.1) is 20.9 Å². The van der Waals surface area contributed by atoms with Gasteiger partial charge in [-0.05, 0) is 46.9 Å². The van der Waals surface area contributed by atoms with E-state index in [1.165, 1.54) is 6.92 Å². The number of rotatable bonds is 10. The van der Waals surface area contributed by atoms with E-state index >= 15 is 0 Å². The van der Waals surface area contributed by atoms with Crippen LogP contribution >= 0.6 is 12.2 Å². The van der Waals surface area contributed by atoms with Gasteiger partial charge in [-0.1, -0.05) is 24.0 Å². The highest BCUT2D eigenvalue weighted by Gasteiger charge is 2.27. The zero-order chi connectivity index (χ0) is 25.4. The average molecular weight is 498 g/mol. The average Bonchev–Trinajstić information content (AvgIpc) is 2.85. The summed E-state index contributed by atoms with van der Waals surface area (Å²) in [6.45, 7) is 7.33. The highest BCUT2D eigenvalue weighted by Crippen LogP contribution is 2.26. The van der Waals surface area contributed by atoms with E-state index < -0.39 is 4.92 Å². The van der Waals surface area contributed by atoms with Crippen molar-refractivity contribution in [2.24, 2.45) is 11.1 Å². The Hall–Kier alpha value is -3.80. The predicted octanol–water partition coefficient (Wildman–Crippen LogP) is 3.59. The molecule has 35 heavy (non-hydrogen) atoms. The number of nitrogens with one attached hydrogen (secondary N) is 1. The molecule has 3 rings (SSSR count). The molecule has 0 bridgehead atoms. The topological polar surface area (TPSA) is 134 Å². The molecule has 0 aromatic carbocycles. The van der Waals surface area contributed by atoms with Crippen LogP contribution in [0.3, 0.4) is 0 Å². The molecule has 11 nitrogen and oxygen atoms in total. The number of nitroso groups, excluding NO2 is 1. The minimum absolute atomic E-state index is 0.132. The van der Waals surface area contributed by atoms with Crippen LogP contribution in [0.1, 0.15) is 31.7 Å². The minimum atomic E-state index is -0.557. The van der Waals surface area contributed by atoms with Crippen molar-refractivity contribution in [3.63, 3.8) is 0 Å². The Labute approximate surface area is 208 Å². The van der Waals surface area contributed by atoms with Crippen molar-refractivity contribution in [2.75, 3.05) is 36.0 Å². The van der Waals surface area contributed by atoms with E-state index in [1.807, 2.05) is 4.90 Å². The second-order valence-electron chi connectivity index (χ2n) is 8.23. The summed E-state index contributed by atoms with van der Waals surface area (Å²) < 4.78 is 0. The number of carbonyl (C=O) groups is 1. The molecule has 0 saturated carbocycles.